The number of phenols is 1. The molecule has 1 aliphatic rings. The molecule has 0 radical (unpaired) electrons. The van der Waals surface area contributed by atoms with Crippen LogP contribution in [0.1, 0.15) is 34.7 Å². The SMILES string of the molecule is Cc1cc(O)c(C2CC(C(=O)NCCc3ccc(S(N)(=O)=O)cc3)NN2)cc1C. The zero-order valence-corrected chi connectivity index (χ0v) is 17.2. The van der Waals surface area contributed by atoms with Crippen LogP contribution in [0.2, 0.25) is 0 Å². The first-order valence-electron chi connectivity index (χ1n) is 9.36. The number of benzene rings is 2. The van der Waals surface area contributed by atoms with Crippen molar-refractivity contribution in [3.05, 3.63) is 58.7 Å². The van der Waals surface area contributed by atoms with Crippen LogP contribution < -0.4 is 21.3 Å². The molecular weight excluding hydrogens is 392 g/mol. The third-order valence-corrected chi connectivity index (χ3v) is 6.13. The number of phenolic OH excluding ortho intramolecular Hbond substituents is 1. The van der Waals surface area contributed by atoms with Gasteiger partial charge < -0.3 is 10.4 Å². The van der Waals surface area contributed by atoms with Gasteiger partial charge in [0.2, 0.25) is 15.9 Å². The number of hydrogen-bond donors (Lipinski definition) is 5. The maximum atomic E-state index is 12.4. The second-order valence-electron chi connectivity index (χ2n) is 7.35. The predicted octanol–water partition coefficient (Wildman–Crippen LogP) is 0.923. The summed E-state index contributed by atoms with van der Waals surface area (Å²) in [6, 6.07) is 9.38. The fourth-order valence-electron chi connectivity index (χ4n) is 3.33. The molecule has 0 saturated carbocycles. The number of amides is 1. The van der Waals surface area contributed by atoms with Gasteiger partial charge in [-0.2, -0.15) is 0 Å². The molecule has 1 saturated heterocycles. The Labute approximate surface area is 170 Å². The Morgan fingerprint density at radius 3 is 2.48 bits per heavy atom. The van der Waals surface area contributed by atoms with Crippen molar-refractivity contribution >= 4 is 15.9 Å². The largest absolute Gasteiger partial charge is 0.508 e. The molecule has 1 heterocycles. The molecule has 0 aliphatic carbocycles. The lowest BCUT2D eigenvalue weighted by Crippen LogP contribution is -2.43. The van der Waals surface area contributed by atoms with Gasteiger partial charge in [0, 0.05) is 12.1 Å². The molecule has 9 heteroatoms. The highest BCUT2D eigenvalue weighted by atomic mass is 32.2. The van der Waals surface area contributed by atoms with E-state index >= 15 is 0 Å². The van der Waals surface area contributed by atoms with Crippen LogP contribution in [0, 0.1) is 13.8 Å². The molecule has 6 N–H and O–H groups in total. The summed E-state index contributed by atoms with van der Waals surface area (Å²) in [5.41, 5.74) is 9.83. The van der Waals surface area contributed by atoms with E-state index in [1.54, 1.807) is 18.2 Å². The van der Waals surface area contributed by atoms with E-state index in [1.165, 1.54) is 12.1 Å². The van der Waals surface area contributed by atoms with E-state index in [1.807, 2.05) is 19.9 Å². The molecule has 1 aliphatic heterocycles. The summed E-state index contributed by atoms with van der Waals surface area (Å²) in [7, 11) is -3.70. The molecule has 2 unspecified atom stereocenters. The summed E-state index contributed by atoms with van der Waals surface area (Å²) in [6.07, 6.45) is 1.09. The van der Waals surface area contributed by atoms with Gasteiger partial charge in [0.05, 0.1) is 10.9 Å². The molecule has 1 amide bonds. The summed E-state index contributed by atoms with van der Waals surface area (Å²) in [4.78, 5) is 12.5. The normalized spacial score (nSPS) is 19.3. The van der Waals surface area contributed by atoms with Crippen molar-refractivity contribution < 1.29 is 18.3 Å². The van der Waals surface area contributed by atoms with Crippen LogP contribution in [-0.2, 0) is 21.2 Å². The third kappa shape index (κ3) is 5.13. The Bertz CT molecular complexity index is 1010. The molecule has 3 rings (SSSR count). The Morgan fingerprint density at radius 1 is 1.17 bits per heavy atom. The molecule has 0 spiro atoms. The lowest BCUT2D eigenvalue weighted by molar-refractivity contribution is -0.122. The molecule has 156 valence electrons. The van der Waals surface area contributed by atoms with Crippen molar-refractivity contribution in [2.75, 3.05) is 6.54 Å². The lowest BCUT2D eigenvalue weighted by atomic mass is 9.97. The zero-order chi connectivity index (χ0) is 21.2. The number of sulfonamides is 1. The highest BCUT2D eigenvalue weighted by molar-refractivity contribution is 7.89. The van der Waals surface area contributed by atoms with Gasteiger partial charge >= 0.3 is 0 Å². The van der Waals surface area contributed by atoms with Gasteiger partial charge in [-0.3, -0.25) is 4.79 Å². The Balaban J connectivity index is 1.51. The summed E-state index contributed by atoms with van der Waals surface area (Å²) < 4.78 is 22.5. The first-order valence-corrected chi connectivity index (χ1v) is 10.9. The number of nitrogens with one attached hydrogen (secondary N) is 3. The molecule has 29 heavy (non-hydrogen) atoms. The van der Waals surface area contributed by atoms with Gasteiger partial charge in [-0.1, -0.05) is 18.2 Å². The second-order valence-corrected chi connectivity index (χ2v) is 8.92. The van der Waals surface area contributed by atoms with Gasteiger partial charge in [-0.25, -0.2) is 24.4 Å². The number of carbonyl (C=O) groups is 1. The van der Waals surface area contributed by atoms with Crippen LogP contribution in [0.5, 0.6) is 5.75 Å². The summed E-state index contributed by atoms with van der Waals surface area (Å²) in [5, 5.41) is 18.2. The van der Waals surface area contributed by atoms with E-state index in [-0.39, 0.29) is 22.6 Å². The quantitative estimate of drug-likeness (QED) is 0.474. The van der Waals surface area contributed by atoms with Gasteiger partial charge in [0.25, 0.3) is 0 Å². The Morgan fingerprint density at radius 2 is 1.83 bits per heavy atom. The van der Waals surface area contributed by atoms with Crippen molar-refractivity contribution in [1.29, 1.82) is 0 Å². The number of hydrazine groups is 1. The van der Waals surface area contributed by atoms with E-state index in [0.29, 0.717) is 19.4 Å². The molecule has 0 aromatic heterocycles. The number of aryl methyl sites for hydroxylation is 2. The van der Waals surface area contributed by atoms with Gasteiger partial charge in [0.1, 0.15) is 11.8 Å². The molecule has 2 atom stereocenters. The van der Waals surface area contributed by atoms with Crippen LogP contribution in [-0.4, -0.2) is 32.0 Å². The van der Waals surface area contributed by atoms with Crippen molar-refractivity contribution in [3.8, 4) is 5.75 Å². The number of nitrogens with two attached hydrogens (primary N) is 1. The third-order valence-electron chi connectivity index (χ3n) is 5.20. The van der Waals surface area contributed by atoms with Gasteiger partial charge in [-0.15, -0.1) is 0 Å². The summed E-state index contributed by atoms with van der Waals surface area (Å²) in [6.45, 7) is 4.35. The minimum Gasteiger partial charge on any atom is -0.508 e. The van der Waals surface area contributed by atoms with Crippen LogP contribution in [0.25, 0.3) is 0 Å². The fourth-order valence-corrected chi connectivity index (χ4v) is 3.85. The first-order chi connectivity index (χ1) is 13.6. The van der Waals surface area contributed by atoms with Crippen LogP contribution in [0.3, 0.4) is 0 Å². The average molecular weight is 419 g/mol. The molecular formula is C20H26N4O4S. The maximum Gasteiger partial charge on any atom is 0.238 e. The number of hydrogen-bond acceptors (Lipinski definition) is 6. The van der Waals surface area contributed by atoms with Crippen LogP contribution >= 0.6 is 0 Å². The molecule has 1 fully saturated rings. The lowest BCUT2D eigenvalue weighted by Gasteiger charge is -2.14. The highest BCUT2D eigenvalue weighted by Crippen LogP contribution is 2.31. The number of rotatable bonds is 6. The number of primary sulfonamides is 1. The monoisotopic (exact) mass is 418 g/mol. The molecule has 0 bridgehead atoms. The number of carbonyl (C=O) groups excluding carboxylic acids is 1. The van der Waals surface area contributed by atoms with Gasteiger partial charge in [0.15, 0.2) is 0 Å². The standard InChI is InChI=1S/C20H26N4O4S/c1-12-9-16(19(25)10-13(12)2)17-11-18(24-23-17)20(26)22-8-7-14-3-5-15(6-4-14)29(21,27)28/h3-6,9-10,17-18,23-25H,7-8,11H2,1-2H3,(H,22,26)(H2,21,27,28). The van der Waals surface area contributed by atoms with E-state index in [0.717, 1.165) is 22.3 Å². The molecule has 8 nitrogen and oxygen atoms in total. The van der Waals surface area contributed by atoms with E-state index < -0.39 is 16.1 Å². The maximum absolute atomic E-state index is 12.4. The molecule has 2 aromatic rings. The molecule has 2 aromatic carbocycles. The minimum absolute atomic E-state index is 0.0622. The summed E-state index contributed by atoms with van der Waals surface area (Å²) in [5.74, 6) is 0.0841. The van der Waals surface area contributed by atoms with E-state index in [9.17, 15) is 18.3 Å². The van der Waals surface area contributed by atoms with Gasteiger partial charge in [-0.05, 0) is 61.6 Å². The Kier molecular flexibility index (Phi) is 6.23. The smallest absolute Gasteiger partial charge is 0.238 e. The Hall–Kier alpha value is -2.46. The fraction of sp³-hybridized carbons (Fsp3) is 0.350. The second kappa shape index (κ2) is 8.50. The minimum atomic E-state index is -3.70. The van der Waals surface area contributed by atoms with Crippen molar-refractivity contribution in [2.45, 2.75) is 43.7 Å². The van der Waals surface area contributed by atoms with Crippen molar-refractivity contribution in [3.63, 3.8) is 0 Å². The van der Waals surface area contributed by atoms with E-state index in [2.05, 4.69) is 16.2 Å². The van der Waals surface area contributed by atoms with Crippen LogP contribution in [0.15, 0.2) is 41.3 Å². The summed E-state index contributed by atoms with van der Waals surface area (Å²) >= 11 is 0. The van der Waals surface area contributed by atoms with E-state index in [4.69, 9.17) is 5.14 Å². The van der Waals surface area contributed by atoms with Crippen LogP contribution in [0.4, 0.5) is 0 Å². The highest BCUT2D eigenvalue weighted by Gasteiger charge is 2.31. The average Bonchev–Trinajstić information content (AvgIpc) is 3.14. The topological polar surface area (TPSA) is 134 Å². The number of aromatic hydroxyl groups is 1. The zero-order valence-electron chi connectivity index (χ0n) is 16.4. The first kappa shape index (κ1) is 21.3. The van der Waals surface area contributed by atoms with Crippen molar-refractivity contribution in [1.82, 2.24) is 16.2 Å². The predicted molar refractivity (Wildman–Crippen MR) is 110 cm³/mol. The van der Waals surface area contributed by atoms with Crippen molar-refractivity contribution in [2.24, 2.45) is 5.14 Å².